The maximum Gasteiger partial charge on any atom is 0.416 e. The zero-order valence-electron chi connectivity index (χ0n) is 35.0. The van der Waals surface area contributed by atoms with Crippen molar-refractivity contribution in [3.63, 3.8) is 0 Å². The van der Waals surface area contributed by atoms with E-state index in [1.807, 2.05) is 81.9 Å². The summed E-state index contributed by atoms with van der Waals surface area (Å²) >= 11 is 0. The molecule has 0 aliphatic rings. The Morgan fingerprint density at radius 3 is 1.29 bits per heavy atom. The van der Waals surface area contributed by atoms with E-state index in [0.717, 1.165) is 22.9 Å². The molecule has 0 saturated carbocycles. The summed E-state index contributed by atoms with van der Waals surface area (Å²) in [6.07, 6.45) is -4.76. The molecule has 8 aromatic carbocycles. The van der Waals surface area contributed by atoms with Crippen LogP contribution in [0, 0.1) is 79.3 Å². The van der Waals surface area contributed by atoms with Crippen molar-refractivity contribution in [2.24, 2.45) is 0 Å². The maximum atomic E-state index is 14.9. The number of hydrogen-bond donors (Lipinski definition) is 0. The van der Waals surface area contributed by atoms with Crippen LogP contribution in [0.2, 0.25) is 0 Å². The van der Waals surface area contributed by atoms with Crippen LogP contribution in [-0.2, 0) is 6.18 Å². The van der Waals surface area contributed by atoms with Gasteiger partial charge in [0.05, 0.1) is 114 Å². The molecule has 2 heterocycles. The van der Waals surface area contributed by atoms with Crippen molar-refractivity contribution in [2.45, 2.75) is 6.18 Å². The van der Waals surface area contributed by atoms with Gasteiger partial charge in [0.25, 0.3) is 0 Å². The van der Waals surface area contributed by atoms with Crippen molar-refractivity contribution in [3.8, 4) is 87.2 Å². The number of alkyl halides is 3. The normalized spacial score (nSPS) is 11.1. The molecule has 10 aromatic rings. The molecule has 12 heteroatoms. The van der Waals surface area contributed by atoms with Gasteiger partial charge in [-0.3, -0.25) is 0 Å². The smallest absolute Gasteiger partial charge is 0.309 e. The standard InChI is InChI=1S/C56H24F3N9/c57-56(58,59)41-14-17-51(67-48-10-3-1-7-42(48)45-22-34(12-15-50(45)67)53-37(28-63)18-32(25-60)19-38(53)29-64)47(24-41)44-9-5-6-36(27-62)55(44)68-49-11-4-2-8-43(49)46-23-35(13-16-52(46)68)54-39(30-65)20-33(26-61)21-40(54)31-66/h1-24H. The number of para-hydroxylation sites is 3. The number of hydrogen-bond acceptors (Lipinski definition) is 7. The first-order valence-corrected chi connectivity index (χ1v) is 20.6. The van der Waals surface area contributed by atoms with Crippen LogP contribution in [0.25, 0.3) is 88.4 Å². The SMILES string of the molecule is N#Cc1cc(C#N)c(-c2ccc3c(c2)c2ccccc2n3-c2ccc(C(F)(F)F)cc2-c2cccc(C#N)c2-n2c3ccccc3c3cc(-c4c(C#N)cc(C#N)cc4C#N)ccc32)c(C#N)c1. The van der Waals surface area contributed by atoms with Gasteiger partial charge in [0.1, 0.15) is 6.07 Å². The van der Waals surface area contributed by atoms with Gasteiger partial charge in [-0.2, -0.15) is 50.0 Å². The first-order chi connectivity index (χ1) is 33.0. The molecule has 314 valence electrons. The van der Waals surface area contributed by atoms with Crippen LogP contribution in [0.5, 0.6) is 0 Å². The second-order valence-electron chi connectivity index (χ2n) is 15.8. The van der Waals surface area contributed by atoms with Crippen LogP contribution in [0.3, 0.4) is 0 Å². The van der Waals surface area contributed by atoms with E-state index in [4.69, 9.17) is 0 Å². The van der Waals surface area contributed by atoms with Gasteiger partial charge in [-0.1, -0.05) is 60.7 Å². The summed E-state index contributed by atoms with van der Waals surface area (Å²) in [5, 5.41) is 73.3. The fourth-order valence-corrected chi connectivity index (χ4v) is 9.36. The Bertz CT molecular complexity index is 4110. The highest BCUT2D eigenvalue weighted by Crippen LogP contribution is 2.45. The molecular formula is C56H24F3N9. The van der Waals surface area contributed by atoms with Gasteiger partial charge in [-0.15, -0.1) is 0 Å². The molecular weight excluding hydrogens is 856 g/mol. The number of halogens is 3. The average Bonchev–Trinajstić information content (AvgIpc) is 3.88. The Balaban J connectivity index is 1.27. The fourth-order valence-electron chi connectivity index (χ4n) is 9.36. The highest BCUT2D eigenvalue weighted by Gasteiger charge is 2.33. The summed E-state index contributed by atoms with van der Waals surface area (Å²) < 4.78 is 48.5. The number of benzene rings is 8. The molecule has 10 rings (SSSR count). The van der Waals surface area contributed by atoms with Crippen molar-refractivity contribution >= 4 is 43.6 Å². The molecule has 0 radical (unpaired) electrons. The highest BCUT2D eigenvalue weighted by molar-refractivity contribution is 6.13. The first kappa shape index (κ1) is 41.6. The minimum atomic E-state index is -4.76. The zero-order valence-corrected chi connectivity index (χ0v) is 35.0. The van der Waals surface area contributed by atoms with Gasteiger partial charge in [0.15, 0.2) is 0 Å². The van der Waals surface area contributed by atoms with E-state index in [2.05, 4.69) is 30.3 Å². The third-order valence-corrected chi connectivity index (χ3v) is 12.2. The van der Waals surface area contributed by atoms with E-state index < -0.39 is 11.7 Å². The lowest BCUT2D eigenvalue weighted by Gasteiger charge is -2.21. The molecule has 0 spiro atoms. The summed E-state index contributed by atoms with van der Waals surface area (Å²) in [5.74, 6) is 0. The molecule has 0 saturated heterocycles. The van der Waals surface area contributed by atoms with Gasteiger partial charge in [0, 0.05) is 43.8 Å². The Kier molecular flexibility index (Phi) is 9.77. The van der Waals surface area contributed by atoms with Crippen LogP contribution in [-0.4, -0.2) is 9.13 Å². The van der Waals surface area contributed by atoms with Gasteiger partial charge in [0.2, 0.25) is 0 Å². The van der Waals surface area contributed by atoms with E-state index >= 15 is 0 Å². The summed E-state index contributed by atoms with van der Waals surface area (Å²) in [6, 6.07) is 54.3. The topological polar surface area (TPSA) is 176 Å². The summed E-state index contributed by atoms with van der Waals surface area (Å²) in [4.78, 5) is 0. The van der Waals surface area contributed by atoms with Crippen LogP contribution in [0.4, 0.5) is 13.2 Å². The van der Waals surface area contributed by atoms with Crippen molar-refractivity contribution < 1.29 is 13.2 Å². The van der Waals surface area contributed by atoms with Crippen molar-refractivity contribution in [3.05, 3.63) is 190 Å². The summed E-state index contributed by atoms with van der Waals surface area (Å²) in [6.45, 7) is 0. The third kappa shape index (κ3) is 6.42. The molecule has 68 heavy (non-hydrogen) atoms. The highest BCUT2D eigenvalue weighted by atomic mass is 19.4. The number of fused-ring (bicyclic) bond motifs is 6. The molecule has 2 aromatic heterocycles. The Morgan fingerprint density at radius 2 is 0.824 bits per heavy atom. The first-order valence-electron chi connectivity index (χ1n) is 20.6. The number of rotatable bonds is 5. The van der Waals surface area contributed by atoms with Crippen molar-refractivity contribution in [1.82, 2.24) is 9.13 Å². The fraction of sp³-hybridized carbons (Fsp3) is 0.0179. The van der Waals surface area contributed by atoms with Crippen LogP contribution >= 0.6 is 0 Å². The molecule has 0 bridgehead atoms. The summed E-state index contributed by atoms with van der Waals surface area (Å²) in [7, 11) is 0. The van der Waals surface area contributed by atoms with Crippen molar-refractivity contribution in [2.75, 3.05) is 0 Å². The minimum Gasteiger partial charge on any atom is -0.309 e. The molecule has 9 nitrogen and oxygen atoms in total. The Hall–Kier alpha value is -10.4. The third-order valence-electron chi connectivity index (χ3n) is 12.2. The van der Waals surface area contributed by atoms with Crippen LogP contribution < -0.4 is 0 Å². The second kappa shape index (κ2) is 16.0. The molecule has 0 atom stereocenters. The number of aromatic nitrogens is 2. The largest absolute Gasteiger partial charge is 0.416 e. The lowest BCUT2D eigenvalue weighted by atomic mass is 9.92. The average molecular weight is 880 g/mol. The number of nitriles is 7. The number of nitrogens with zero attached hydrogens (tertiary/aromatic N) is 9. The van der Waals surface area contributed by atoms with E-state index in [-0.39, 0.29) is 44.5 Å². The van der Waals surface area contributed by atoms with Gasteiger partial charge in [-0.05, 0) is 96.1 Å². The minimum absolute atomic E-state index is 0.132. The van der Waals surface area contributed by atoms with Gasteiger partial charge < -0.3 is 9.13 Å². The van der Waals surface area contributed by atoms with Gasteiger partial charge in [-0.25, -0.2) is 0 Å². The van der Waals surface area contributed by atoms with E-state index in [9.17, 15) is 50.0 Å². The van der Waals surface area contributed by atoms with Crippen LogP contribution in [0.15, 0.2) is 146 Å². The van der Waals surface area contributed by atoms with E-state index in [1.165, 1.54) is 30.3 Å². The van der Waals surface area contributed by atoms with Crippen molar-refractivity contribution in [1.29, 1.82) is 36.8 Å². The predicted molar refractivity (Wildman–Crippen MR) is 249 cm³/mol. The summed E-state index contributed by atoms with van der Waals surface area (Å²) in [5.41, 5.74) is 5.38. The Labute approximate surface area is 384 Å². The monoisotopic (exact) mass is 879 g/mol. The molecule has 0 fully saturated rings. The lowest BCUT2D eigenvalue weighted by molar-refractivity contribution is -0.137. The lowest BCUT2D eigenvalue weighted by Crippen LogP contribution is -2.08. The second-order valence-corrected chi connectivity index (χ2v) is 15.8. The molecule has 0 N–H and O–H groups in total. The molecule has 0 amide bonds. The van der Waals surface area contributed by atoms with E-state index in [0.29, 0.717) is 72.0 Å². The quantitative estimate of drug-likeness (QED) is 0.165. The zero-order chi connectivity index (χ0) is 47.4. The molecule has 0 aliphatic heterocycles. The predicted octanol–water partition coefficient (Wildman–Crippen LogP) is 13.0. The Morgan fingerprint density at radius 1 is 0.368 bits per heavy atom. The molecule has 0 unspecified atom stereocenters. The van der Waals surface area contributed by atoms with Crippen LogP contribution in [0.1, 0.15) is 44.5 Å². The maximum absolute atomic E-state index is 14.9. The van der Waals surface area contributed by atoms with E-state index in [1.54, 1.807) is 42.5 Å². The van der Waals surface area contributed by atoms with Gasteiger partial charge >= 0.3 is 6.18 Å². The molecule has 0 aliphatic carbocycles.